The van der Waals surface area contributed by atoms with Crippen molar-refractivity contribution < 1.29 is 13.6 Å². The van der Waals surface area contributed by atoms with Gasteiger partial charge in [-0.05, 0) is 41.9 Å². The number of ketones is 1. The van der Waals surface area contributed by atoms with Gasteiger partial charge in [0.15, 0.2) is 17.4 Å². The fourth-order valence-corrected chi connectivity index (χ4v) is 2.77. The van der Waals surface area contributed by atoms with Gasteiger partial charge in [-0.2, -0.15) is 5.10 Å². The molecule has 0 N–H and O–H groups in total. The van der Waals surface area contributed by atoms with E-state index in [1.807, 2.05) is 6.92 Å². The first-order chi connectivity index (χ1) is 9.86. The highest BCUT2D eigenvalue weighted by Crippen LogP contribution is 2.26. The number of nitrogens with zero attached hydrogens (tertiary/aromatic N) is 2. The third-order valence-corrected chi connectivity index (χ3v) is 4.38. The molecule has 21 heavy (non-hydrogen) atoms. The topological polar surface area (TPSA) is 34.9 Å². The van der Waals surface area contributed by atoms with Gasteiger partial charge in [0.1, 0.15) is 0 Å². The zero-order valence-electron chi connectivity index (χ0n) is 11.4. The Morgan fingerprint density at radius 3 is 2.71 bits per heavy atom. The average molecular weight is 378 g/mol. The van der Waals surface area contributed by atoms with E-state index in [0.717, 1.165) is 6.07 Å². The molecule has 0 radical (unpaired) electrons. The fraction of sp³-hybridized carbons (Fsp3) is 0.286. The monoisotopic (exact) mass is 376 g/mol. The quantitative estimate of drug-likeness (QED) is 0.587. The summed E-state index contributed by atoms with van der Waals surface area (Å²) in [6.07, 6.45) is -0.0306. The summed E-state index contributed by atoms with van der Waals surface area (Å²) in [6.45, 7) is 4.19. The van der Waals surface area contributed by atoms with Crippen LogP contribution in [0.25, 0.3) is 0 Å². The fourth-order valence-electron chi connectivity index (χ4n) is 2.03. The lowest BCUT2D eigenvalue weighted by Gasteiger charge is -2.07. The predicted molar refractivity (Wildman–Crippen MR) is 79.7 cm³/mol. The van der Waals surface area contributed by atoms with Crippen LogP contribution in [0.1, 0.15) is 28.7 Å². The Morgan fingerprint density at radius 1 is 1.43 bits per heavy atom. The summed E-state index contributed by atoms with van der Waals surface area (Å²) in [5.41, 5.74) is 1.27. The van der Waals surface area contributed by atoms with Crippen molar-refractivity contribution in [2.45, 2.75) is 26.8 Å². The Kier molecular flexibility index (Phi) is 4.78. The Morgan fingerprint density at radius 2 is 2.10 bits per heavy atom. The first-order valence-electron chi connectivity index (χ1n) is 6.25. The lowest BCUT2D eigenvalue weighted by atomic mass is 10.1. The molecule has 2 rings (SSSR count). The number of carbonyl (C=O) groups excluding carboxylic acids is 1. The van der Waals surface area contributed by atoms with Crippen LogP contribution in [-0.4, -0.2) is 15.6 Å². The Bertz CT molecular complexity index is 715. The van der Waals surface area contributed by atoms with Gasteiger partial charge in [0.05, 0.1) is 27.3 Å². The molecular formula is C14H12BrClF2N2O. The van der Waals surface area contributed by atoms with Crippen molar-refractivity contribution in [3.63, 3.8) is 0 Å². The molecule has 0 amide bonds. The molecule has 1 aromatic carbocycles. The second-order valence-electron chi connectivity index (χ2n) is 4.48. The Balaban J connectivity index is 2.37. The van der Waals surface area contributed by atoms with Crippen LogP contribution < -0.4 is 0 Å². The maximum atomic E-state index is 13.5. The minimum Gasteiger partial charge on any atom is -0.294 e. The lowest BCUT2D eigenvalue weighted by molar-refractivity contribution is 0.0989. The van der Waals surface area contributed by atoms with Crippen molar-refractivity contribution in [2.24, 2.45) is 0 Å². The van der Waals surface area contributed by atoms with Crippen molar-refractivity contribution in [1.82, 2.24) is 9.78 Å². The first kappa shape index (κ1) is 16.1. The molecule has 2 aromatic rings. The number of halogens is 4. The molecule has 1 heterocycles. The zero-order chi connectivity index (χ0) is 15.7. The predicted octanol–water partition coefficient (Wildman–Crippen LogP) is 4.33. The molecule has 0 aliphatic heterocycles. The van der Waals surface area contributed by atoms with Gasteiger partial charge >= 0.3 is 0 Å². The second kappa shape index (κ2) is 6.23. The number of carbonyl (C=O) groups is 1. The number of rotatable bonds is 4. The molecule has 0 saturated carbocycles. The van der Waals surface area contributed by atoms with E-state index in [0.29, 0.717) is 23.0 Å². The van der Waals surface area contributed by atoms with Crippen LogP contribution in [0.4, 0.5) is 8.78 Å². The average Bonchev–Trinajstić information content (AvgIpc) is 2.72. The number of aryl methyl sites for hydroxylation is 2. The SMILES string of the molecule is CCn1nc(C)c(Cl)c1CC(=O)c1ccc(F)c(F)c1Br. The van der Waals surface area contributed by atoms with Gasteiger partial charge in [-0.25, -0.2) is 8.78 Å². The van der Waals surface area contributed by atoms with Gasteiger partial charge in [0.25, 0.3) is 0 Å². The van der Waals surface area contributed by atoms with Gasteiger partial charge in [-0.1, -0.05) is 11.6 Å². The van der Waals surface area contributed by atoms with Crippen LogP contribution in [0.5, 0.6) is 0 Å². The van der Waals surface area contributed by atoms with Crippen molar-refractivity contribution in [1.29, 1.82) is 0 Å². The highest BCUT2D eigenvalue weighted by molar-refractivity contribution is 9.10. The zero-order valence-corrected chi connectivity index (χ0v) is 13.7. The van der Waals surface area contributed by atoms with Gasteiger partial charge in [-0.15, -0.1) is 0 Å². The number of hydrogen-bond donors (Lipinski definition) is 0. The molecule has 0 aliphatic rings. The first-order valence-corrected chi connectivity index (χ1v) is 7.42. The Labute approximate surface area is 134 Å². The van der Waals surface area contributed by atoms with Crippen molar-refractivity contribution >= 4 is 33.3 Å². The summed E-state index contributed by atoms with van der Waals surface area (Å²) in [6, 6.07) is 2.18. The van der Waals surface area contributed by atoms with E-state index in [9.17, 15) is 13.6 Å². The normalized spacial score (nSPS) is 11.0. The maximum absolute atomic E-state index is 13.5. The van der Waals surface area contributed by atoms with Gasteiger partial charge < -0.3 is 0 Å². The molecule has 0 bridgehead atoms. The van der Waals surface area contributed by atoms with Crippen LogP contribution in [-0.2, 0) is 13.0 Å². The molecule has 0 spiro atoms. The second-order valence-corrected chi connectivity index (χ2v) is 5.66. The van der Waals surface area contributed by atoms with E-state index in [2.05, 4.69) is 21.0 Å². The Hall–Kier alpha value is -1.27. The molecular weight excluding hydrogens is 366 g/mol. The maximum Gasteiger partial charge on any atom is 0.173 e. The molecule has 0 aliphatic carbocycles. The summed E-state index contributed by atoms with van der Waals surface area (Å²) in [5.74, 6) is -2.45. The van der Waals surface area contributed by atoms with E-state index in [-0.39, 0.29) is 22.2 Å². The smallest absolute Gasteiger partial charge is 0.173 e. The number of hydrogen-bond acceptors (Lipinski definition) is 2. The summed E-state index contributed by atoms with van der Waals surface area (Å²) in [7, 11) is 0. The summed E-state index contributed by atoms with van der Waals surface area (Å²) >= 11 is 9.05. The van der Waals surface area contributed by atoms with E-state index in [4.69, 9.17) is 11.6 Å². The number of aromatic nitrogens is 2. The molecule has 0 atom stereocenters. The lowest BCUT2D eigenvalue weighted by Crippen LogP contribution is -2.11. The summed E-state index contributed by atoms with van der Waals surface area (Å²) in [4.78, 5) is 12.3. The highest BCUT2D eigenvalue weighted by Gasteiger charge is 2.21. The van der Waals surface area contributed by atoms with E-state index >= 15 is 0 Å². The molecule has 0 unspecified atom stereocenters. The van der Waals surface area contributed by atoms with Crippen LogP contribution >= 0.6 is 27.5 Å². The third kappa shape index (κ3) is 3.01. The van der Waals surface area contributed by atoms with Gasteiger partial charge in [0.2, 0.25) is 0 Å². The van der Waals surface area contributed by atoms with Crippen molar-refractivity contribution in [2.75, 3.05) is 0 Å². The largest absolute Gasteiger partial charge is 0.294 e. The van der Waals surface area contributed by atoms with Crippen LogP contribution in [0.15, 0.2) is 16.6 Å². The van der Waals surface area contributed by atoms with Crippen molar-refractivity contribution in [3.8, 4) is 0 Å². The van der Waals surface area contributed by atoms with Crippen LogP contribution in [0.2, 0.25) is 5.02 Å². The number of Topliss-reactive ketones (excluding diaryl/α,β-unsaturated/α-hetero) is 1. The minimum atomic E-state index is -1.08. The standard InChI is InChI=1S/C14H12BrClF2N2O/c1-3-20-10(13(16)7(2)19-20)6-11(21)8-4-5-9(17)14(18)12(8)15/h4-5H,3,6H2,1-2H3. The van der Waals surface area contributed by atoms with Crippen LogP contribution in [0, 0.1) is 18.6 Å². The molecule has 0 saturated heterocycles. The minimum absolute atomic E-state index is 0.0306. The summed E-state index contributed by atoms with van der Waals surface area (Å²) in [5, 5.41) is 4.64. The van der Waals surface area contributed by atoms with E-state index < -0.39 is 11.6 Å². The molecule has 0 fully saturated rings. The molecule has 112 valence electrons. The summed E-state index contributed by atoms with van der Waals surface area (Å²) < 4.78 is 28.0. The molecule has 7 heteroatoms. The highest BCUT2D eigenvalue weighted by atomic mass is 79.9. The molecule has 3 nitrogen and oxygen atoms in total. The van der Waals surface area contributed by atoms with Crippen molar-refractivity contribution in [3.05, 3.63) is 50.2 Å². The van der Waals surface area contributed by atoms with E-state index in [1.54, 1.807) is 11.6 Å². The van der Waals surface area contributed by atoms with E-state index in [1.165, 1.54) is 6.07 Å². The van der Waals surface area contributed by atoms with Gasteiger partial charge in [0, 0.05) is 12.1 Å². The third-order valence-electron chi connectivity index (χ3n) is 3.12. The van der Waals surface area contributed by atoms with Gasteiger partial charge in [-0.3, -0.25) is 9.48 Å². The number of benzene rings is 1. The molecule has 1 aromatic heterocycles. The van der Waals surface area contributed by atoms with Crippen LogP contribution in [0.3, 0.4) is 0 Å².